The van der Waals surface area contributed by atoms with Gasteiger partial charge in [-0.25, -0.2) is 9.28 Å². The van der Waals surface area contributed by atoms with E-state index in [0.717, 1.165) is 30.8 Å². The Balaban J connectivity index is 3.21. The fourth-order valence-electron chi connectivity index (χ4n) is 2.66. The van der Waals surface area contributed by atoms with Crippen LogP contribution in [0.25, 0.3) is 0 Å². The van der Waals surface area contributed by atoms with Gasteiger partial charge in [-0.3, -0.25) is 0 Å². The number of benzene rings is 1. The van der Waals surface area contributed by atoms with E-state index in [9.17, 15) is 4.79 Å². The van der Waals surface area contributed by atoms with Gasteiger partial charge in [0.25, 0.3) is 0 Å². The fraction of sp³-hybridized carbons (Fsp3) is 0.562. The minimum absolute atomic E-state index is 0.240. The minimum Gasteiger partial charge on any atom is -0.231 e. The number of amides is 1. The lowest BCUT2D eigenvalue weighted by atomic mass is 10.2. The molecule has 2 nitrogen and oxygen atoms in total. The molecule has 0 N–H and O–H groups in total. The number of hydrogen-bond donors (Lipinski definition) is 0. The molecule has 0 saturated heterocycles. The molecule has 1 aromatic rings. The maximum Gasteiger partial charge on any atom is 0.316 e. The highest BCUT2D eigenvalue weighted by Crippen LogP contribution is 2.34. The third kappa shape index (κ3) is 3.40. The van der Waals surface area contributed by atoms with Gasteiger partial charge in [0.15, 0.2) is 0 Å². The van der Waals surface area contributed by atoms with Gasteiger partial charge in [0.05, 0.1) is 13.5 Å². The summed E-state index contributed by atoms with van der Waals surface area (Å²) in [6.07, 6.45) is 2.16. The normalized spacial score (nSPS) is 15.8. The third-order valence-electron chi connectivity index (χ3n) is 3.63. The molecule has 0 spiro atoms. The number of carbonyl (C=O) groups excluding carboxylic acids is 1. The van der Waals surface area contributed by atoms with Crippen LogP contribution in [0.5, 0.6) is 0 Å². The Morgan fingerprint density at radius 1 is 1.21 bits per heavy atom. The highest BCUT2D eigenvalue weighted by atomic mass is 32.2. The number of para-hydroxylation sites is 1. The van der Waals surface area contributed by atoms with Crippen molar-refractivity contribution in [1.82, 2.24) is 4.48 Å². The predicted octanol–water partition coefficient (Wildman–Crippen LogP) is 4.44. The second-order valence-corrected chi connectivity index (χ2v) is 6.06. The summed E-state index contributed by atoms with van der Waals surface area (Å²) < 4.78 is 0.460. The lowest BCUT2D eigenvalue weighted by Gasteiger charge is -2.40. The molecule has 0 aromatic heterocycles. The highest BCUT2D eigenvalue weighted by molar-refractivity contribution is 7.99. The molecule has 0 saturated carbocycles. The number of thioether (sulfide) groups is 1. The molecule has 19 heavy (non-hydrogen) atoms. The van der Waals surface area contributed by atoms with Crippen LogP contribution in [-0.4, -0.2) is 23.6 Å². The van der Waals surface area contributed by atoms with Crippen LogP contribution in [-0.2, 0) is 4.79 Å². The summed E-state index contributed by atoms with van der Waals surface area (Å²) in [6.45, 7) is 9.03. The monoisotopic (exact) mass is 280 g/mol. The lowest BCUT2D eigenvalue weighted by molar-refractivity contribution is -0.128. The largest absolute Gasteiger partial charge is 0.316 e. The van der Waals surface area contributed by atoms with Gasteiger partial charge < -0.3 is 0 Å². The van der Waals surface area contributed by atoms with E-state index in [1.807, 2.05) is 30.0 Å². The molecule has 0 fully saturated rings. The molecule has 0 radical (unpaired) electrons. The highest BCUT2D eigenvalue weighted by Gasteiger charge is 2.41. The number of quaternary nitrogens is 1. The van der Waals surface area contributed by atoms with E-state index in [0.29, 0.717) is 9.86 Å². The van der Waals surface area contributed by atoms with Crippen LogP contribution in [0, 0.1) is 0 Å². The Morgan fingerprint density at radius 2 is 1.84 bits per heavy atom. The van der Waals surface area contributed by atoms with Crippen molar-refractivity contribution in [3.05, 3.63) is 30.3 Å². The summed E-state index contributed by atoms with van der Waals surface area (Å²) in [7, 11) is 0. The standard InChI is InChI=1S/C16H26NOS/c1-5-13-19-16(6-2)17(7-3,14(4)18)15-11-9-8-10-12-15/h8-12,16H,5-7,13H2,1-4H3/q+1. The second kappa shape index (κ2) is 7.71. The van der Waals surface area contributed by atoms with Gasteiger partial charge in [-0.05, 0) is 31.2 Å². The smallest absolute Gasteiger partial charge is 0.231 e. The fourth-order valence-corrected chi connectivity index (χ4v) is 4.08. The summed E-state index contributed by atoms with van der Waals surface area (Å²) in [5.41, 5.74) is 1.12. The van der Waals surface area contributed by atoms with Crippen LogP contribution in [0.15, 0.2) is 30.3 Å². The van der Waals surface area contributed by atoms with Gasteiger partial charge in [-0.1, -0.05) is 43.8 Å². The molecule has 0 bridgehead atoms. The van der Waals surface area contributed by atoms with Crippen LogP contribution in [0.1, 0.15) is 40.5 Å². The van der Waals surface area contributed by atoms with Crippen LogP contribution in [0.3, 0.4) is 0 Å². The van der Waals surface area contributed by atoms with Crippen LogP contribution >= 0.6 is 11.8 Å². The number of rotatable bonds is 7. The van der Waals surface area contributed by atoms with Gasteiger partial charge in [0.1, 0.15) is 11.1 Å². The molecular weight excluding hydrogens is 254 g/mol. The summed E-state index contributed by atoms with van der Waals surface area (Å²) in [4.78, 5) is 12.4. The van der Waals surface area contributed by atoms with Gasteiger partial charge in [0, 0.05) is 6.42 Å². The molecule has 0 aliphatic carbocycles. The van der Waals surface area contributed by atoms with Crippen molar-refractivity contribution in [1.29, 1.82) is 0 Å². The molecule has 0 heterocycles. The Bertz CT molecular complexity index is 393. The molecular formula is C16H26NOS+. The van der Waals surface area contributed by atoms with Crippen LogP contribution in [0.4, 0.5) is 5.69 Å². The zero-order valence-electron chi connectivity index (χ0n) is 12.6. The molecule has 106 valence electrons. The minimum atomic E-state index is 0.240. The van der Waals surface area contributed by atoms with Crippen molar-refractivity contribution in [3.63, 3.8) is 0 Å². The van der Waals surface area contributed by atoms with E-state index in [1.54, 1.807) is 6.92 Å². The van der Waals surface area contributed by atoms with E-state index in [4.69, 9.17) is 0 Å². The van der Waals surface area contributed by atoms with Gasteiger partial charge in [-0.2, -0.15) is 0 Å². The van der Waals surface area contributed by atoms with E-state index < -0.39 is 0 Å². The molecule has 1 rings (SSSR count). The van der Waals surface area contributed by atoms with Gasteiger partial charge in [0.2, 0.25) is 0 Å². The van der Waals surface area contributed by atoms with E-state index >= 15 is 0 Å². The average Bonchev–Trinajstić information content (AvgIpc) is 2.44. The van der Waals surface area contributed by atoms with Gasteiger partial charge >= 0.3 is 5.91 Å². The first kappa shape index (κ1) is 16.3. The number of carbonyl (C=O) groups is 1. The predicted molar refractivity (Wildman–Crippen MR) is 86.3 cm³/mol. The van der Waals surface area contributed by atoms with Crippen molar-refractivity contribution in [2.24, 2.45) is 0 Å². The molecule has 2 unspecified atom stereocenters. The van der Waals surface area contributed by atoms with Crippen molar-refractivity contribution in [2.75, 3.05) is 12.3 Å². The quantitative estimate of drug-likeness (QED) is 0.542. The lowest BCUT2D eigenvalue weighted by Crippen LogP contribution is -2.58. The Morgan fingerprint density at radius 3 is 2.26 bits per heavy atom. The van der Waals surface area contributed by atoms with Crippen molar-refractivity contribution in [2.45, 2.75) is 45.9 Å². The molecule has 3 heteroatoms. The van der Waals surface area contributed by atoms with Crippen LogP contribution < -0.4 is 4.48 Å². The molecule has 0 aliphatic heterocycles. The number of nitrogens with zero attached hydrogens (tertiary/aromatic N) is 1. The van der Waals surface area contributed by atoms with E-state index in [-0.39, 0.29) is 5.91 Å². The topological polar surface area (TPSA) is 17.1 Å². The Kier molecular flexibility index (Phi) is 6.59. The maximum absolute atomic E-state index is 12.4. The van der Waals surface area contributed by atoms with Crippen molar-refractivity contribution in [3.8, 4) is 0 Å². The van der Waals surface area contributed by atoms with Gasteiger partial charge in [-0.15, -0.1) is 0 Å². The van der Waals surface area contributed by atoms with E-state index in [2.05, 4.69) is 32.9 Å². The van der Waals surface area contributed by atoms with Crippen molar-refractivity contribution < 1.29 is 4.79 Å². The maximum atomic E-state index is 12.4. The molecule has 0 aliphatic rings. The average molecular weight is 280 g/mol. The number of hydrogen-bond acceptors (Lipinski definition) is 2. The molecule has 1 aromatic carbocycles. The SMILES string of the molecule is CCCSC(CC)[N+](CC)(C(C)=O)c1ccccc1. The zero-order valence-corrected chi connectivity index (χ0v) is 13.4. The summed E-state index contributed by atoms with van der Waals surface area (Å²) in [5.74, 6) is 1.35. The molecule has 1 amide bonds. The third-order valence-corrected chi connectivity index (χ3v) is 5.35. The first-order valence-electron chi connectivity index (χ1n) is 7.19. The van der Waals surface area contributed by atoms with Crippen LogP contribution in [0.2, 0.25) is 0 Å². The Labute approximate surface area is 121 Å². The first-order chi connectivity index (χ1) is 9.13. The summed E-state index contributed by atoms with van der Waals surface area (Å²) in [5, 5.41) is 0.310. The van der Waals surface area contributed by atoms with Crippen molar-refractivity contribution >= 4 is 23.4 Å². The zero-order chi connectivity index (χ0) is 14.3. The summed E-state index contributed by atoms with van der Waals surface area (Å²) >= 11 is 1.93. The summed E-state index contributed by atoms with van der Waals surface area (Å²) in [6, 6.07) is 10.2. The second-order valence-electron chi connectivity index (χ2n) is 4.77. The molecule has 2 atom stereocenters. The van der Waals surface area contributed by atoms with E-state index in [1.165, 1.54) is 0 Å². The first-order valence-corrected chi connectivity index (χ1v) is 8.24. The Hall–Kier alpha value is -0.800.